The summed E-state index contributed by atoms with van der Waals surface area (Å²) in [4.78, 5) is 22.8. The minimum Gasteiger partial charge on any atom is -0.467 e. The van der Waals surface area contributed by atoms with Crippen molar-refractivity contribution in [3.05, 3.63) is 42.2 Å². The molecule has 2 aromatic rings. The lowest BCUT2D eigenvalue weighted by molar-refractivity contribution is -0.169. The molecule has 2 fully saturated rings. The van der Waals surface area contributed by atoms with Gasteiger partial charge in [0.25, 0.3) is 5.91 Å². The van der Waals surface area contributed by atoms with E-state index in [0.717, 1.165) is 31.7 Å². The Kier molecular flexibility index (Phi) is 4.37. The zero-order valence-electron chi connectivity index (χ0n) is 13.8. The molecule has 1 spiro atoms. The summed E-state index contributed by atoms with van der Waals surface area (Å²) in [6, 6.07) is 5.30. The van der Waals surface area contributed by atoms with E-state index < -0.39 is 5.79 Å². The maximum Gasteiger partial charge on any atom is 0.270 e. The number of hydrogen-bond acceptors (Lipinski definition) is 7. The highest BCUT2D eigenvalue weighted by Crippen LogP contribution is 2.32. The molecule has 1 N–H and O–H groups in total. The summed E-state index contributed by atoms with van der Waals surface area (Å²) in [5, 5.41) is 2.79. The smallest absolute Gasteiger partial charge is 0.270 e. The summed E-state index contributed by atoms with van der Waals surface area (Å²) in [6.45, 7) is 3.18. The molecule has 0 atom stereocenters. The maximum atomic E-state index is 12.3. The van der Waals surface area contributed by atoms with Crippen LogP contribution in [-0.4, -0.2) is 48.0 Å². The minimum atomic E-state index is -0.424. The Morgan fingerprint density at radius 3 is 2.76 bits per heavy atom. The van der Waals surface area contributed by atoms with Crippen molar-refractivity contribution < 1.29 is 18.7 Å². The molecule has 0 bridgehead atoms. The van der Waals surface area contributed by atoms with Crippen LogP contribution in [-0.2, 0) is 16.0 Å². The van der Waals surface area contributed by atoms with Gasteiger partial charge in [0, 0.05) is 32.0 Å². The average molecular weight is 344 g/mol. The topological polar surface area (TPSA) is 89.7 Å². The van der Waals surface area contributed by atoms with Gasteiger partial charge >= 0.3 is 0 Å². The molecule has 8 nitrogen and oxygen atoms in total. The van der Waals surface area contributed by atoms with Gasteiger partial charge in [0.15, 0.2) is 5.79 Å². The van der Waals surface area contributed by atoms with Crippen molar-refractivity contribution in [2.75, 3.05) is 31.2 Å². The van der Waals surface area contributed by atoms with Gasteiger partial charge in [-0.1, -0.05) is 0 Å². The van der Waals surface area contributed by atoms with Gasteiger partial charge in [-0.3, -0.25) is 4.79 Å². The number of furan rings is 1. The largest absolute Gasteiger partial charge is 0.467 e. The van der Waals surface area contributed by atoms with E-state index in [1.165, 1.54) is 6.33 Å². The molecule has 25 heavy (non-hydrogen) atoms. The Bertz CT molecular complexity index is 718. The summed E-state index contributed by atoms with van der Waals surface area (Å²) < 4.78 is 16.7. The lowest BCUT2D eigenvalue weighted by atomic mass is 10.0. The monoisotopic (exact) mass is 344 g/mol. The van der Waals surface area contributed by atoms with Crippen molar-refractivity contribution in [2.24, 2.45) is 0 Å². The van der Waals surface area contributed by atoms with Crippen LogP contribution in [0.3, 0.4) is 0 Å². The fraction of sp³-hybridized carbons (Fsp3) is 0.471. The van der Waals surface area contributed by atoms with Crippen LogP contribution in [0, 0.1) is 0 Å². The number of aromatic nitrogens is 2. The summed E-state index contributed by atoms with van der Waals surface area (Å²) >= 11 is 0. The summed E-state index contributed by atoms with van der Waals surface area (Å²) in [7, 11) is 0. The number of nitrogens with one attached hydrogen (secondary N) is 1. The van der Waals surface area contributed by atoms with Crippen molar-refractivity contribution in [1.29, 1.82) is 0 Å². The molecule has 2 saturated heterocycles. The number of carbonyl (C=O) groups is 1. The second kappa shape index (κ2) is 6.81. The molecule has 0 aliphatic carbocycles. The molecule has 0 saturated carbocycles. The fourth-order valence-electron chi connectivity index (χ4n) is 3.18. The highest BCUT2D eigenvalue weighted by molar-refractivity contribution is 5.92. The van der Waals surface area contributed by atoms with Crippen LogP contribution in [0.1, 0.15) is 29.1 Å². The predicted molar refractivity (Wildman–Crippen MR) is 88.0 cm³/mol. The lowest BCUT2D eigenvalue weighted by Crippen LogP contribution is -2.45. The van der Waals surface area contributed by atoms with E-state index in [4.69, 9.17) is 13.9 Å². The molecule has 2 aromatic heterocycles. The van der Waals surface area contributed by atoms with Gasteiger partial charge in [-0.05, 0) is 12.1 Å². The number of ether oxygens (including phenoxy) is 2. The molecule has 2 aliphatic heterocycles. The molecule has 4 heterocycles. The van der Waals surface area contributed by atoms with E-state index in [0.29, 0.717) is 31.2 Å². The van der Waals surface area contributed by atoms with Gasteiger partial charge in [0.1, 0.15) is 23.6 Å². The normalized spacial score (nSPS) is 19.3. The third kappa shape index (κ3) is 3.49. The van der Waals surface area contributed by atoms with E-state index in [1.54, 1.807) is 18.4 Å². The highest BCUT2D eigenvalue weighted by atomic mass is 16.7. The maximum absolute atomic E-state index is 12.3. The molecular weight excluding hydrogens is 324 g/mol. The molecule has 4 rings (SSSR count). The summed E-state index contributed by atoms with van der Waals surface area (Å²) in [6.07, 6.45) is 4.57. The third-order valence-electron chi connectivity index (χ3n) is 4.55. The Morgan fingerprint density at radius 1 is 1.24 bits per heavy atom. The van der Waals surface area contributed by atoms with E-state index in [9.17, 15) is 4.79 Å². The minimum absolute atomic E-state index is 0.254. The van der Waals surface area contributed by atoms with Crippen molar-refractivity contribution in [3.8, 4) is 0 Å². The van der Waals surface area contributed by atoms with Crippen molar-refractivity contribution >= 4 is 11.7 Å². The second-order valence-corrected chi connectivity index (χ2v) is 6.12. The first-order valence-corrected chi connectivity index (χ1v) is 8.40. The van der Waals surface area contributed by atoms with E-state index in [2.05, 4.69) is 20.2 Å². The van der Waals surface area contributed by atoms with Gasteiger partial charge in [0.05, 0.1) is 26.0 Å². The third-order valence-corrected chi connectivity index (χ3v) is 4.55. The number of rotatable bonds is 4. The first-order valence-electron chi connectivity index (χ1n) is 8.40. The first-order chi connectivity index (χ1) is 12.2. The zero-order chi connectivity index (χ0) is 17.1. The quantitative estimate of drug-likeness (QED) is 0.895. The number of nitrogens with zero attached hydrogens (tertiary/aromatic N) is 3. The number of carbonyl (C=O) groups excluding carboxylic acids is 1. The SMILES string of the molecule is O=C(NCc1ccco1)c1cc(N2CCC3(CC2)OCCO3)ncn1. The Labute approximate surface area is 145 Å². The van der Waals surface area contributed by atoms with Gasteiger partial charge in [0.2, 0.25) is 0 Å². The summed E-state index contributed by atoms with van der Waals surface area (Å²) in [5.41, 5.74) is 0.338. The van der Waals surface area contributed by atoms with Gasteiger partial charge in [-0.2, -0.15) is 0 Å². The number of hydrogen-bond donors (Lipinski definition) is 1. The Balaban J connectivity index is 1.38. The summed E-state index contributed by atoms with van der Waals surface area (Å²) in [5.74, 6) is 0.759. The number of anilines is 1. The lowest BCUT2D eigenvalue weighted by Gasteiger charge is -2.38. The molecule has 8 heteroatoms. The zero-order valence-corrected chi connectivity index (χ0v) is 13.8. The molecule has 0 unspecified atom stereocenters. The predicted octanol–water partition coefficient (Wildman–Crippen LogP) is 1.34. The van der Waals surface area contributed by atoms with Crippen LogP contribution < -0.4 is 10.2 Å². The van der Waals surface area contributed by atoms with Crippen LogP contribution in [0.25, 0.3) is 0 Å². The van der Waals surface area contributed by atoms with Crippen LogP contribution in [0.5, 0.6) is 0 Å². The van der Waals surface area contributed by atoms with E-state index in [-0.39, 0.29) is 5.91 Å². The van der Waals surface area contributed by atoms with Gasteiger partial charge in [-0.15, -0.1) is 0 Å². The number of amides is 1. The van der Waals surface area contributed by atoms with Crippen LogP contribution in [0.15, 0.2) is 35.2 Å². The Morgan fingerprint density at radius 2 is 2.04 bits per heavy atom. The van der Waals surface area contributed by atoms with Crippen LogP contribution in [0.2, 0.25) is 0 Å². The number of piperidine rings is 1. The van der Waals surface area contributed by atoms with Gasteiger partial charge in [-0.25, -0.2) is 9.97 Å². The molecule has 2 aliphatic rings. The fourth-order valence-corrected chi connectivity index (χ4v) is 3.18. The molecule has 0 radical (unpaired) electrons. The van der Waals surface area contributed by atoms with E-state index >= 15 is 0 Å². The van der Waals surface area contributed by atoms with E-state index in [1.807, 2.05) is 6.07 Å². The van der Waals surface area contributed by atoms with Crippen LogP contribution >= 0.6 is 0 Å². The first kappa shape index (κ1) is 16.0. The molecule has 1 amide bonds. The van der Waals surface area contributed by atoms with Crippen molar-refractivity contribution in [2.45, 2.75) is 25.2 Å². The van der Waals surface area contributed by atoms with Crippen molar-refractivity contribution in [3.63, 3.8) is 0 Å². The van der Waals surface area contributed by atoms with Crippen LogP contribution in [0.4, 0.5) is 5.82 Å². The molecule has 0 aromatic carbocycles. The Hall–Kier alpha value is -2.45. The van der Waals surface area contributed by atoms with Crippen molar-refractivity contribution in [1.82, 2.24) is 15.3 Å². The second-order valence-electron chi connectivity index (χ2n) is 6.12. The standard InChI is InChI=1S/C17H20N4O4/c22-16(18-11-13-2-1-7-23-13)14-10-15(20-12-19-14)21-5-3-17(4-6-21)24-8-9-25-17/h1-2,7,10,12H,3-6,8-9,11H2,(H,18,22). The molecular formula is C17H20N4O4. The van der Waals surface area contributed by atoms with Gasteiger partial charge < -0.3 is 24.1 Å². The highest BCUT2D eigenvalue weighted by Gasteiger charge is 2.40. The average Bonchev–Trinajstić information content (AvgIpc) is 3.33. The molecule has 132 valence electrons.